The Morgan fingerprint density at radius 2 is 1.96 bits per heavy atom. The summed E-state index contributed by atoms with van der Waals surface area (Å²) in [6.07, 6.45) is 8.31. The summed E-state index contributed by atoms with van der Waals surface area (Å²) in [6.45, 7) is 0. The number of hydrogen-bond donors (Lipinski definition) is 0. The average Bonchev–Trinajstić information content (AvgIpc) is 3.00. The topological polar surface area (TPSA) is 25.2 Å². The highest BCUT2D eigenvalue weighted by Crippen LogP contribution is 2.55. The SMILES string of the molecule is CN1C=C(C=O)C=CC1C1(c2cc3ccccc3n2C)SCCCS1. The fourth-order valence-electron chi connectivity index (χ4n) is 3.80. The molecule has 1 unspecified atom stereocenters. The van der Waals surface area contributed by atoms with E-state index in [-0.39, 0.29) is 10.1 Å². The number of allylic oxidation sites excluding steroid dienone is 2. The van der Waals surface area contributed by atoms with Crippen LogP contribution < -0.4 is 0 Å². The Morgan fingerprint density at radius 3 is 2.64 bits per heavy atom. The number of nitrogens with zero attached hydrogens (tertiary/aromatic N) is 2. The molecule has 130 valence electrons. The van der Waals surface area contributed by atoms with E-state index >= 15 is 0 Å². The zero-order chi connectivity index (χ0) is 17.4. The molecule has 1 atom stereocenters. The molecule has 4 rings (SSSR count). The number of likely N-dealkylation sites (N-methyl/N-ethyl adjacent to an activating group) is 1. The van der Waals surface area contributed by atoms with E-state index in [9.17, 15) is 4.79 Å². The minimum atomic E-state index is -0.0673. The highest BCUT2D eigenvalue weighted by atomic mass is 32.2. The van der Waals surface area contributed by atoms with E-state index < -0.39 is 0 Å². The van der Waals surface area contributed by atoms with Crippen LogP contribution in [0.15, 0.2) is 54.3 Å². The van der Waals surface area contributed by atoms with Gasteiger partial charge in [0.2, 0.25) is 0 Å². The second-order valence-corrected chi connectivity index (χ2v) is 9.52. The molecule has 0 radical (unpaired) electrons. The maximum atomic E-state index is 11.1. The van der Waals surface area contributed by atoms with Gasteiger partial charge in [0.05, 0.1) is 6.04 Å². The van der Waals surface area contributed by atoms with Gasteiger partial charge < -0.3 is 9.47 Å². The summed E-state index contributed by atoms with van der Waals surface area (Å²) in [4.78, 5) is 13.4. The maximum absolute atomic E-state index is 11.1. The largest absolute Gasteiger partial charge is 0.371 e. The number of aryl methyl sites for hydroxylation is 1. The standard InChI is InChI=1S/C20H22N2OS2/c1-21-13-15(14-23)8-9-18(21)20(24-10-5-11-25-20)19-12-16-6-3-4-7-17(16)22(19)2/h3-4,6-9,12-14,18H,5,10-11H2,1-2H3. The lowest BCUT2D eigenvalue weighted by molar-refractivity contribution is -0.104. The van der Waals surface area contributed by atoms with Crippen LogP contribution in [0.5, 0.6) is 0 Å². The van der Waals surface area contributed by atoms with Gasteiger partial charge in [-0.15, -0.1) is 23.5 Å². The molecule has 0 amide bonds. The lowest BCUT2D eigenvalue weighted by Gasteiger charge is -2.45. The van der Waals surface area contributed by atoms with Gasteiger partial charge in [0, 0.05) is 37.1 Å². The van der Waals surface area contributed by atoms with Crippen LogP contribution in [-0.4, -0.2) is 40.3 Å². The minimum absolute atomic E-state index is 0.0673. The molecule has 3 heterocycles. The molecule has 25 heavy (non-hydrogen) atoms. The number of rotatable bonds is 3. The van der Waals surface area contributed by atoms with Gasteiger partial charge in [-0.25, -0.2) is 0 Å². The molecule has 2 aromatic rings. The first kappa shape index (κ1) is 16.9. The third kappa shape index (κ3) is 2.74. The van der Waals surface area contributed by atoms with Crippen molar-refractivity contribution in [1.29, 1.82) is 0 Å². The van der Waals surface area contributed by atoms with E-state index in [0.29, 0.717) is 0 Å². The van der Waals surface area contributed by atoms with Crippen molar-refractivity contribution in [1.82, 2.24) is 9.47 Å². The second kappa shape index (κ2) is 6.61. The molecule has 0 saturated carbocycles. The van der Waals surface area contributed by atoms with Crippen molar-refractivity contribution in [2.45, 2.75) is 16.5 Å². The Balaban J connectivity index is 1.85. The van der Waals surface area contributed by atoms with Gasteiger partial charge in [-0.05, 0) is 35.4 Å². The normalized spacial score (nSPS) is 22.9. The van der Waals surface area contributed by atoms with Gasteiger partial charge in [-0.2, -0.15) is 0 Å². The zero-order valence-electron chi connectivity index (χ0n) is 14.5. The van der Waals surface area contributed by atoms with Crippen molar-refractivity contribution in [2.24, 2.45) is 7.05 Å². The summed E-state index contributed by atoms with van der Waals surface area (Å²) in [6, 6.07) is 11.2. The molecular formula is C20H22N2OS2. The predicted octanol–water partition coefficient (Wildman–Crippen LogP) is 4.15. The molecule has 0 spiro atoms. The Bertz CT molecular complexity index is 862. The molecule has 0 aliphatic carbocycles. The van der Waals surface area contributed by atoms with Crippen molar-refractivity contribution in [3.8, 4) is 0 Å². The quantitative estimate of drug-likeness (QED) is 0.758. The Kier molecular flexibility index (Phi) is 4.46. The monoisotopic (exact) mass is 370 g/mol. The lowest BCUT2D eigenvalue weighted by Crippen LogP contribution is -2.45. The lowest BCUT2D eigenvalue weighted by atomic mass is 10.0. The van der Waals surface area contributed by atoms with Crippen molar-refractivity contribution in [3.63, 3.8) is 0 Å². The minimum Gasteiger partial charge on any atom is -0.371 e. The van der Waals surface area contributed by atoms with E-state index in [2.05, 4.69) is 60.0 Å². The van der Waals surface area contributed by atoms with Crippen molar-refractivity contribution >= 4 is 40.7 Å². The first-order valence-electron chi connectivity index (χ1n) is 8.56. The van der Waals surface area contributed by atoms with E-state index in [1.54, 1.807) is 0 Å². The van der Waals surface area contributed by atoms with Gasteiger partial charge >= 0.3 is 0 Å². The molecular weight excluding hydrogens is 348 g/mol. The highest BCUT2D eigenvalue weighted by molar-refractivity contribution is 8.18. The number of aromatic nitrogens is 1. The molecule has 1 aromatic heterocycles. The van der Waals surface area contributed by atoms with Crippen LogP contribution in [0.3, 0.4) is 0 Å². The molecule has 0 bridgehead atoms. The molecule has 1 saturated heterocycles. The van der Waals surface area contributed by atoms with Gasteiger partial charge in [-0.3, -0.25) is 4.79 Å². The smallest absolute Gasteiger partial charge is 0.151 e. The van der Waals surface area contributed by atoms with Gasteiger partial charge in [0.15, 0.2) is 6.29 Å². The first-order chi connectivity index (χ1) is 12.2. The summed E-state index contributed by atoms with van der Waals surface area (Å²) in [7, 11) is 4.26. The van der Waals surface area contributed by atoms with E-state index in [4.69, 9.17) is 0 Å². The van der Waals surface area contributed by atoms with E-state index in [0.717, 1.165) is 23.4 Å². The summed E-state index contributed by atoms with van der Waals surface area (Å²) < 4.78 is 2.28. The zero-order valence-corrected chi connectivity index (χ0v) is 16.1. The van der Waals surface area contributed by atoms with Crippen molar-refractivity contribution < 1.29 is 4.79 Å². The molecule has 5 heteroatoms. The fourth-order valence-corrected chi connectivity index (χ4v) is 7.52. The summed E-state index contributed by atoms with van der Waals surface area (Å²) in [5.41, 5.74) is 3.36. The second-order valence-electron chi connectivity index (χ2n) is 6.58. The van der Waals surface area contributed by atoms with E-state index in [1.807, 2.05) is 35.8 Å². The number of benzene rings is 1. The van der Waals surface area contributed by atoms with Crippen LogP contribution in [0, 0.1) is 0 Å². The predicted molar refractivity (Wildman–Crippen MR) is 109 cm³/mol. The molecule has 1 fully saturated rings. The average molecular weight is 371 g/mol. The molecule has 2 aliphatic heterocycles. The van der Waals surface area contributed by atoms with Crippen molar-refractivity contribution in [2.75, 3.05) is 18.6 Å². The third-order valence-corrected chi connectivity index (χ3v) is 8.47. The molecule has 2 aliphatic rings. The number of para-hydroxylation sites is 1. The Labute approximate surface area is 157 Å². The first-order valence-corrected chi connectivity index (χ1v) is 10.5. The van der Waals surface area contributed by atoms with Gasteiger partial charge in [0.1, 0.15) is 4.08 Å². The van der Waals surface area contributed by atoms with Crippen LogP contribution in [0.2, 0.25) is 0 Å². The van der Waals surface area contributed by atoms with Crippen molar-refractivity contribution in [3.05, 3.63) is 60.0 Å². The van der Waals surface area contributed by atoms with Crippen LogP contribution in [0.4, 0.5) is 0 Å². The molecule has 1 aromatic carbocycles. The number of carbonyl (C=O) groups excluding carboxylic acids is 1. The number of hydrogen-bond acceptors (Lipinski definition) is 4. The van der Waals surface area contributed by atoms with Crippen LogP contribution in [0.1, 0.15) is 12.1 Å². The Hall–Kier alpha value is -1.59. The summed E-state index contributed by atoms with van der Waals surface area (Å²) in [5.74, 6) is 2.33. The Morgan fingerprint density at radius 1 is 1.20 bits per heavy atom. The number of thioether (sulfide) groups is 2. The van der Waals surface area contributed by atoms with Gasteiger partial charge in [-0.1, -0.05) is 30.4 Å². The molecule has 0 N–H and O–H groups in total. The van der Waals surface area contributed by atoms with E-state index in [1.165, 1.54) is 23.0 Å². The fraction of sp³-hybridized carbons (Fsp3) is 0.350. The van der Waals surface area contributed by atoms with Crippen LogP contribution in [-0.2, 0) is 15.9 Å². The van der Waals surface area contributed by atoms with Crippen LogP contribution >= 0.6 is 23.5 Å². The van der Waals surface area contributed by atoms with Gasteiger partial charge in [0.25, 0.3) is 0 Å². The number of carbonyl (C=O) groups is 1. The molecule has 3 nitrogen and oxygen atoms in total. The number of fused-ring (bicyclic) bond motifs is 1. The number of aldehydes is 1. The third-order valence-electron chi connectivity index (χ3n) is 5.02. The summed E-state index contributed by atoms with van der Waals surface area (Å²) in [5, 5.41) is 1.29. The summed E-state index contributed by atoms with van der Waals surface area (Å²) >= 11 is 4.09. The highest BCUT2D eigenvalue weighted by Gasteiger charge is 2.46. The van der Waals surface area contributed by atoms with Crippen LogP contribution in [0.25, 0.3) is 10.9 Å². The maximum Gasteiger partial charge on any atom is 0.151 e.